The second-order valence-electron chi connectivity index (χ2n) is 17.5. The topological polar surface area (TPSA) is 177 Å². The molecule has 3 heterocycles. The molecule has 0 bridgehead atoms. The van der Waals surface area contributed by atoms with Gasteiger partial charge in [0.2, 0.25) is 5.36 Å². The number of methoxy groups -OCH3 is 1. The molecule has 0 spiro atoms. The molecule has 15 nitrogen and oxygen atoms in total. The molecule has 1 atom stereocenters. The third-order valence-electron chi connectivity index (χ3n) is 11.8. The Bertz CT molecular complexity index is 2370. The highest BCUT2D eigenvalue weighted by atomic mass is 32.2. The quantitative estimate of drug-likeness (QED) is 0.0283. The Kier molecular flexibility index (Phi) is 19.0. The van der Waals surface area contributed by atoms with Crippen molar-refractivity contribution in [3.05, 3.63) is 94.7 Å². The lowest BCUT2D eigenvalue weighted by Gasteiger charge is -2.30. The number of hydroxylamine groups is 2. The van der Waals surface area contributed by atoms with Crippen molar-refractivity contribution in [3.8, 4) is 11.3 Å². The van der Waals surface area contributed by atoms with Gasteiger partial charge in [-0.3, -0.25) is 9.59 Å². The molecule has 0 aromatic heterocycles. The van der Waals surface area contributed by atoms with E-state index in [1.54, 1.807) is 13.2 Å². The van der Waals surface area contributed by atoms with Crippen LogP contribution in [0.15, 0.2) is 81.8 Å². The first kappa shape index (κ1) is 52.0. The molecule has 1 aliphatic carbocycles. The van der Waals surface area contributed by atoms with E-state index in [-0.39, 0.29) is 29.6 Å². The lowest BCUT2D eigenvalue weighted by atomic mass is 9.78. The SMILES string of the molecule is CC[N+](CC)=c1ccc2c(C(C)(C)C)cc(/C=C/C=C/C=C3/N(CCCCCC(=O)ON4C(=O)CCC4=O)c4ccc(S(=O)(=O)[O-])cc4C3(C)CCOCCOCCOCCOC)oc-2c1. The number of nitrogens with zero attached hydrogens (tertiary/aromatic N) is 3. The Morgan fingerprint density at radius 3 is 2.17 bits per heavy atom. The van der Waals surface area contributed by atoms with Crippen LogP contribution in [0.1, 0.15) is 103 Å². The molecule has 1 aromatic carbocycles. The van der Waals surface area contributed by atoms with Gasteiger partial charge >= 0.3 is 5.97 Å². The van der Waals surface area contributed by atoms with E-state index in [1.165, 1.54) is 17.7 Å². The van der Waals surface area contributed by atoms with Crippen LogP contribution in [0.25, 0.3) is 17.4 Å². The molecule has 1 saturated heterocycles. The lowest BCUT2D eigenvalue weighted by Crippen LogP contribution is -2.32. The van der Waals surface area contributed by atoms with E-state index in [2.05, 4.69) is 68.4 Å². The van der Waals surface area contributed by atoms with Gasteiger partial charge in [0.05, 0.1) is 50.6 Å². The minimum Gasteiger partial charge on any atom is -0.744 e. The van der Waals surface area contributed by atoms with E-state index in [0.717, 1.165) is 41.2 Å². The van der Waals surface area contributed by atoms with Crippen molar-refractivity contribution in [1.29, 1.82) is 0 Å². The Labute approximate surface area is 389 Å². The number of anilines is 1. The number of unbranched alkanes of at least 4 members (excludes halogenated alkanes) is 2. The molecule has 0 radical (unpaired) electrons. The molecule has 16 heteroatoms. The van der Waals surface area contributed by atoms with Crippen LogP contribution in [0.3, 0.4) is 0 Å². The van der Waals surface area contributed by atoms with Gasteiger partial charge in [0.1, 0.15) is 34.7 Å². The molecular formula is C50H67N3O12S. The summed E-state index contributed by atoms with van der Waals surface area (Å²) < 4.78 is 67.9. The molecule has 1 aromatic rings. The number of amides is 2. The molecule has 360 valence electrons. The van der Waals surface area contributed by atoms with Gasteiger partial charge in [-0.05, 0) is 99.1 Å². The summed E-state index contributed by atoms with van der Waals surface area (Å²) in [5.74, 6) is -0.195. The van der Waals surface area contributed by atoms with Crippen LogP contribution in [0.5, 0.6) is 0 Å². The summed E-state index contributed by atoms with van der Waals surface area (Å²) in [6.07, 6.45) is 11.9. The summed E-state index contributed by atoms with van der Waals surface area (Å²) in [6, 6.07) is 13.0. The molecule has 0 N–H and O–H groups in total. The van der Waals surface area contributed by atoms with Gasteiger partial charge in [0, 0.05) is 68.0 Å². The largest absolute Gasteiger partial charge is 0.744 e. The Morgan fingerprint density at radius 1 is 0.864 bits per heavy atom. The highest BCUT2D eigenvalue weighted by molar-refractivity contribution is 7.85. The van der Waals surface area contributed by atoms with Crippen LogP contribution in [-0.4, -0.2) is 109 Å². The average Bonchev–Trinajstić information content (AvgIpc) is 3.71. The van der Waals surface area contributed by atoms with E-state index in [4.69, 9.17) is 28.2 Å². The summed E-state index contributed by atoms with van der Waals surface area (Å²) in [5.41, 5.74) is 3.63. The zero-order valence-electron chi connectivity index (χ0n) is 39.6. The summed E-state index contributed by atoms with van der Waals surface area (Å²) in [5, 5.41) is 1.66. The monoisotopic (exact) mass is 933 g/mol. The Hall–Kier alpha value is -4.97. The number of hydrogen-bond acceptors (Lipinski definition) is 13. The third-order valence-corrected chi connectivity index (χ3v) is 12.7. The molecule has 66 heavy (non-hydrogen) atoms. The van der Waals surface area contributed by atoms with Gasteiger partial charge in [0.15, 0.2) is 0 Å². The average molecular weight is 934 g/mol. The summed E-state index contributed by atoms with van der Waals surface area (Å²) in [4.78, 5) is 43.2. The first-order chi connectivity index (χ1) is 31.5. The number of ether oxygens (including phenoxy) is 4. The molecule has 0 saturated carbocycles. The highest BCUT2D eigenvalue weighted by Gasteiger charge is 2.43. The van der Waals surface area contributed by atoms with E-state index < -0.39 is 33.3 Å². The van der Waals surface area contributed by atoms with Crippen molar-refractivity contribution >= 4 is 39.7 Å². The number of hydrogen-bond donors (Lipinski definition) is 0. The zero-order valence-corrected chi connectivity index (χ0v) is 40.4. The van der Waals surface area contributed by atoms with Crippen LogP contribution >= 0.6 is 0 Å². The van der Waals surface area contributed by atoms with Crippen molar-refractivity contribution < 1.29 is 55.6 Å². The smallest absolute Gasteiger partial charge is 0.333 e. The number of rotatable bonds is 25. The van der Waals surface area contributed by atoms with Gasteiger partial charge in [-0.1, -0.05) is 45.4 Å². The fraction of sp³-hybridized carbons (Fsp3) is 0.520. The van der Waals surface area contributed by atoms with E-state index in [1.807, 2.05) is 37.3 Å². The number of allylic oxidation sites excluding steroid dienone is 5. The fourth-order valence-corrected chi connectivity index (χ4v) is 8.71. The van der Waals surface area contributed by atoms with E-state index in [0.29, 0.717) is 94.9 Å². The van der Waals surface area contributed by atoms with E-state index in [9.17, 15) is 27.4 Å². The van der Waals surface area contributed by atoms with Gasteiger partial charge in [-0.2, -0.15) is 0 Å². The number of carbonyl (C=O) groups excluding carboxylic acids is 3. The van der Waals surface area contributed by atoms with Crippen LogP contribution in [0, 0.1) is 0 Å². The second kappa shape index (κ2) is 24.2. The number of fused-ring (bicyclic) bond motifs is 2. The maximum Gasteiger partial charge on any atom is 0.333 e. The predicted molar refractivity (Wildman–Crippen MR) is 250 cm³/mol. The number of imide groups is 1. The predicted octanol–water partition coefficient (Wildman–Crippen LogP) is 6.88. The minimum absolute atomic E-state index is 0.0214. The summed E-state index contributed by atoms with van der Waals surface area (Å²) >= 11 is 0. The number of carbonyl (C=O) groups is 3. The maximum atomic E-state index is 12.5. The first-order valence-corrected chi connectivity index (χ1v) is 24.3. The molecule has 2 amide bonds. The van der Waals surface area contributed by atoms with Crippen LogP contribution in [0.2, 0.25) is 0 Å². The molecule has 3 aliphatic heterocycles. The van der Waals surface area contributed by atoms with Gasteiger partial charge in [-0.25, -0.2) is 17.8 Å². The van der Waals surface area contributed by atoms with Crippen molar-refractivity contribution in [2.75, 3.05) is 77.9 Å². The van der Waals surface area contributed by atoms with Crippen molar-refractivity contribution in [2.45, 2.75) is 102 Å². The molecule has 1 unspecified atom stereocenters. The van der Waals surface area contributed by atoms with Crippen LogP contribution in [-0.2, 0) is 59.1 Å². The van der Waals surface area contributed by atoms with E-state index >= 15 is 0 Å². The van der Waals surface area contributed by atoms with Crippen molar-refractivity contribution in [1.82, 2.24) is 9.64 Å². The maximum absolute atomic E-state index is 12.5. The third kappa shape index (κ3) is 13.8. The lowest BCUT2D eigenvalue weighted by molar-refractivity contribution is -0.197. The van der Waals surface area contributed by atoms with Gasteiger partial charge < -0.3 is 37.7 Å². The second-order valence-corrected chi connectivity index (χ2v) is 18.9. The van der Waals surface area contributed by atoms with Crippen LogP contribution < -0.4 is 14.8 Å². The minimum atomic E-state index is -4.77. The fourth-order valence-electron chi connectivity index (χ4n) is 8.22. The van der Waals surface area contributed by atoms with Gasteiger partial charge in [-0.15, -0.1) is 5.06 Å². The summed E-state index contributed by atoms with van der Waals surface area (Å²) in [7, 11) is -3.15. The van der Waals surface area contributed by atoms with Gasteiger partial charge in [0.25, 0.3) is 11.8 Å². The normalized spacial score (nSPS) is 17.4. The number of benzene rings is 2. The Balaban J connectivity index is 1.40. The first-order valence-electron chi connectivity index (χ1n) is 22.9. The highest BCUT2D eigenvalue weighted by Crippen LogP contribution is 2.51. The summed E-state index contributed by atoms with van der Waals surface area (Å²) in [6.45, 7) is 18.0. The van der Waals surface area contributed by atoms with Crippen molar-refractivity contribution in [2.24, 2.45) is 0 Å². The molecule has 1 fully saturated rings. The van der Waals surface area contributed by atoms with Crippen molar-refractivity contribution in [3.63, 3.8) is 0 Å². The zero-order chi connectivity index (χ0) is 47.9. The molecule has 5 rings (SSSR count). The van der Waals surface area contributed by atoms with Crippen LogP contribution in [0.4, 0.5) is 5.69 Å². The molecular weight excluding hydrogens is 867 g/mol. The standard InChI is InChI=1S/C50H67N3O12S/c1-8-51(9-2)37-19-21-40-41(49(3,4)5)35-38(64-44(40)34-37)16-12-10-13-17-45-50(6,25-27-61-30-31-63-33-32-62-29-28-60-7)42-36-39(66(57,58)59)20-22-43(42)52(45)26-15-11-14-18-48(56)65-53-46(54)23-24-47(53)55/h10,12-13,16-17,19-22,34-36H,8-9,11,14-15,18,23-33H2,1-7H3. The molecule has 4 aliphatic rings. The Morgan fingerprint density at radius 2 is 1.53 bits per heavy atom.